The summed E-state index contributed by atoms with van der Waals surface area (Å²) >= 11 is 6.09. The highest BCUT2D eigenvalue weighted by atomic mass is 35.5. The minimum absolute atomic E-state index is 0.0427. The number of sulfonamides is 1. The summed E-state index contributed by atoms with van der Waals surface area (Å²) in [7, 11) is -3.80. The van der Waals surface area contributed by atoms with E-state index >= 15 is 0 Å². The number of benzene rings is 1. The maximum atomic E-state index is 12.9. The lowest BCUT2D eigenvalue weighted by Crippen LogP contribution is -2.39. The van der Waals surface area contributed by atoms with Crippen LogP contribution in [0.5, 0.6) is 0 Å². The molecule has 2 rings (SSSR count). The molecule has 6 nitrogen and oxygen atoms in total. The number of ketones is 1. The van der Waals surface area contributed by atoms with E-state index in [0.717, 1.165) is 12.8 Å². The van der Waals surface area contributed by atoms with Crippen molar-refractivity contribution in [3.8, 4) is 0 Å². The monoisotopic (exact) mass is 387 g/mol. The zero-order valence-electron chi connectivity index (χ0n) is 14.5. The van der Waals surface area contributed by atoms with Crippen LogP contribution in [0.25, 0.3) is 0 Å². The summed E-state index contributed by atoms with van der Waals surface area (Å²) in [5.74, 6) is -0.785. The van der Waals surface area contributed by atoms with E-state index in [0.29, 0.717) is 13.1 Å². The van der Waals surface area contributed by atoms with E-state index in [4.69, 9.17) is 16.3 Å². The third-order valence-corrected chi connectivity index (χ3v) is 6.61. The van der Waals surface area contributed by atoms with Crippen LogP contribution in [0.1, 0.15) is 44.0 Å². The quantitative estimate of drug-likeness (QED) is 0.725. The van der Waals surface area contributed by atoms with Crippen molar-refractivity contribution in [2.75, 3.05) is 13.1 Å². The number of esters is 1. The number of hydrogen-bond donors (Lipinski definition) is 0. The van der Waals surface area contributed by atoms with Crippen molar-refractivity contribution in [3.05, 3.63) is 28.8 Å². The Balaban J connectivity index is 2.32. The molecule has 1 heterocycles. The van der Waals surface area contributed by atoms with Crippen molar-refractivity contribution in [1.82, 2.24) is 4.31 Å². The van der Waals surface area contributed by atoms with Crippen LogP contribution in [0.4, 0.5) is 0 Å². The van der Waals surface area contributed by atoms with E-state index in [-0.39, 0.29) is 27.2 Å². The molecular weight excluding hydrogens is 366 g/mol. The Labute approximate surface area is 153 Å². The summed E-state index contributed by atoms with van der Waals surface area (Å²) in [6, 6.07) is 3.96. The summed E-state index contributed by atoms with van der Waals surface area (Å²) in [5.41, 5.74) is 0.0427. The van der Waals surface area contributed by atoms with Gasteiger partial charge >= 0.3 is 5.97 Å². The molecule has 0 bridgehead atoms. The molecule has 0 radical (unpaired) electrons. The van der Waals surface area contributed by atoms with Gasteiger partial charge in [-0.25, -0.2) is 13.2 Å². The first kappa shape index (κ1) is 19.9. The van der Waals surface area contributed by atoms with E-state index < -0.39 is 22.1 Å². The van der Waals surface area contributed by atoms with E-state index in [1.807, 2.05) is 6.92 Å². The highest BCUT2D eigenvalue weighted by Gasteiger charge is 2.31. The number of halogens is 1. The van der Waals surface area contributed by atoms with Gasteiger partial charge in [-0.1, -0.05) is 18.5 Å². The summed E-state index contributed by atoms with van der Waals surface area (Å²) < 4.78 is 32.2. The highest BCUT2D eigenvalue weighted by molar-refractivity contribution is 7.89. The number of ether oxygens (including phenoxy) is 1. The van der Waals surface area contributed by atoms with Crippen molar-refractivity contribution in [3.63, 3.8) is 0 Å². The Bertz CT molecular complexity index is 777. The molecule has 0 spiro atoms. The summed E-state index contributed by atoms with van der Waals surface area (Å²) in [6.07, 6.45) is 0.872. The van der Waals surface area contributed by atoms with Crippen molar-refractivity contribution < 1.29 is 22.7 Å². The predicted molar refractivity (Wildman–Crippen MR) is 94.2 cm³/mol. The molecule has 0 saturated carbocycles. The Morgan fingerprint density at radius 2 is 2.04 bits per heavy atom. The Morgan fingerprint density at radius 1 is 1.36 bits per heavy atom. The lowest BCUT2D eigenvalue weighted by atomic mass is 10.0. The molecular formula is C17H22ClNO5S. The van der Waals surface area contributed by atoms with Gasteiger partial charge in [-0.05, 0) is 50.8 Å². The van der Waals surface area contributed by atoms with Crippen LogP contribution in [0.15, 0.2) is 23.1 Å². The van der Waals surface area contributed by atoms with Gasteiger partial charge in [0.25, 0.3) is 0 Å². The average Bonchev–Trinajstić information content (AvgIpc) is 2.54. The highest BCUT2D eigenvalue weighted by Crippen LogP contribution is 2.29. The Hall–Kier alpha value is -1.44. The van der Waals surface area contributed by atoms with Gasteiger partial charge < -0.3 is 4.74 Å². The second-order valence-corrected chi connectivity index (χ2v) is 8.73. The number of carbonyl (C=O) groups is 2. The molecule has 1 aromatic carbocycles. The van der Waals surface area contributed by atoms with Crippen molar-refractivity contribution in [2.45, 2.75) is 44.6 Å². The van der Waals surface area contributed by atoms with Crippen LogP contribution < -0.4 is 0 Å². The van der Waals surface area contributed by atoms with Crippen LogP contribution in [-0.2, 0) is 19.6 Å². The smallest absolute Gasteiger partial charge is 0.338 e. The molecule has 0 N–H and O–H groups in total. The maximum Gasteiger partial charge on any atom is 0.338 e. The molecule has 1 aliphatic rings. The van der Waals surface area contributed by atoms with Crippen molar-refractivity contribution in [2.24, 2.45) is 5.92 Å². The third kappa shape index (κ3) is 4.59. The lowest BCUT2D eigenvalue weighted by Gasteiger charge is -2.30. The minimum atomic E-state index is -3.80. The Morgan fingerprint density at radius 3 is 2.64 bits per heavy atom. The van der Waals surface area contributed by atoms with E-state index in [1.54, 1.807) is 0 Å². The van der Waals surface area contributed by atoms with E-state index in [2.05, 4.69) is 0 Å². The fourth-order valence-electron chi connectivity index (χ4n) is 2.64. The summed E-state index contributed by atoms with van der Waals surface area (Å²) in [6.45, 7) is 5.63. The molecule has 0 amide bonds. The number of piperidine rings is 1. The van der Waals surface area contributed by atoms with Crippen LogP contribution >= 0.6 is 11.6 Å². The molecule has 8 heteroatoms. The van der Waals surface area contributed by atoms with Gasteiger partial charge in [0.15, 0.2) is 11.9 Å². The van der Waals surface area contributed by atoms with Crippen LogP contribution in [0, 0.1) is 5.92 Å². The second-order valence-electron chi connectivity index (χ2n) is 6.41. The molecule has 1 aromatic rings. The molecule has 1 fully saturated rings. The first-order valence-electron chi connectivity index (χ1n) is 8.14. The van der Waals surface area contributed by atoms with Gasteiger partial charge in [0, 0.05) is 13.1 Å². The minimum Gasteiger partial charge on any atom is -0.451 e. The fraction of sp³-hybridized carbons (Fsp3) is 0.529. The molecule has 25 heavy (non-hydrogen) atoms. The number of Topliss-reactive ketones (excluding diaryl/α,β-unsaturated/α-hetero) is 1. The molecule has 138 valence electrons. The van der Waals surface area contributed by atoms with Gasteiger partial charge in [-0.3, -0.25) is 4.79 Å². The molecule has 2 unspecified atom stereocenters. The maximum absolute atomic E-state index is 12.9. The van der Waals surface area contributed by atoms with Crippen LogP contribution in [0.3, 0.4) is 0 Å². The zero-order valence-corrected chi connectivity index (χ0v) is 16.1. The number of rotatable bonds is 5. The van der Waals surface area contributed by atoms with E-state index in [9.17, 15) is 18.0 Å². The molecule has 0 aromatic heterocycles. The van der Waals surface area contributed by atoms with Crippen molar-refractivity contribution in [1.29, 1.82) is 0 Å². The second kappa shape index (κ2) is 7.85. The Kier molecular flexibility index (Phi) is 6.24. The van der Waals surface area contributed by atoms with E-state index in [1.165, 1.54) is 36.4 Å². The third-order valence-electron chi connectivity index (χ3n) is 4.26. The predicted octanol–water partition coefficient (Wildman–Crippen LogP) is 2.89. The molecule has 0 aliphatic carbocycles. The standard InChI is InChI=1S/C17H22ClNO5S/c1-11-5-4-8-19(10-11)25(22,23)16-9-14(6-7-15(16)18)17(21)24-13(3)12(2)20/h6-7,9,11,13H,4-5,8,10H2,1-3H3. The van der Waals surface area contributed by atoms with Gasteiger partial charge in [0.05, 0.1) is 10.6 Å². The molecule has 2 atom stereocenters. The largest absolute Gasteiger partial charge is 0.451 e. The van der Waals surface area contributed by atoms with Crippen molar-refractivity contribution >= 4 is 33.4 Å². The SMILES string of the molecule is CC(=O)C(C)OC(=O)c1ccc(Cl)c(S(=O)(=O)N2CCCC(C)C2)c1. The zero-order chi connectivity index (χ0) is 18.8. The summed E-state index contributed by atoms with van der Waals surface area (Å²) in [5, 5.41) is 0.0504. The van der Waals surface area contributed by atoms with Crippen LogP contribution in [0.2, 0.25) is 5.02 Å². The first-order valence-corrected chi connectivity index (χ1v) is 9.96. The molecule has 1 saturated heterocycles. The summed E-state index contributed by atoms with van der Waals surface area (Å²) in [4.78, 5) is 23.3. The first-order chi connectivity index (χ1) is 11.6. The van der Waals surface area contributed by atoms with Crippen LogP contribution in [-0.4, -0.2) is 43.7 Å². The van der Waals surface area contributed by atoms with Gasteiger partial charge in [-0.2, -0.15) is 4.31 Å². The van der Waals surface area contributed by atoms with Gasteiger partial charge in [0.1, 0.15) is 4.90 Å². The average molecular weight is 388 g/mol. The number of hydrogen-bond acceptors (Lipinski definition) is 5. The lowest BCUT2D eigenvalue weighted by molar-refractivity contribution is -0.124. The number of carbonyl (C=O) groups excluding carboxylic acids is 2. The fourth-order valence-corrected chi connectivity index (χ4v) is 4.74. The topological polar surface area (TPSA) is 80.8 Å². The normalized spacial score (nSPS) is 20.1. The van der Waals surface area contributed by atoms with Gasteiger partial charge in [-0.15, -0.1) is 0 Å². The van der Waals surface area contributed by atoms with Gasteiger partial charge in [0.2, 0.25) is 10.0 Å². The number of nitrogens with zero attached hydrogens (tertiary/aromatic N) is 1. The molecule has 1 aliphatic heterocycles.